The second kappa shape index (κ2) is 6.33. The summed E-state index contributed by atoms with van der Waals surface area (Å²) in [6.45, 7) is 6.87. The number of benzene rings is 1. The van der Waals surface area contributed by atoms with Crippen molar-refractivity contribution in [2.45, 2.75) is 20.4 Å². The minimum Gasteiger partial charge on any atom is -0.393 e. The zero-order valence-electron chi connectivity index (χ0n) is 12.3. The van der Waals surface area contributed by atoms with E-state index in [1.54, 1.807) is 0 Å². The third kappa shape index (κ3) is 3.16. The molecule has 0 saturated heterocycles. The van der Waals surface area contributed by atoms with Gasteiger partial charge in [0.2, 0.25) is 0 Å². The number of hydrogen-bond acceptors (Lipinski definition) is 3. The molecule has 2 rings (SSSR count). The van der Waals surface area contributed by atoms with Gasteiger partial charge in [-0.3, -0.25) is 9.58 Å². The van der Waals surface area contributed by atoms with Gasteiger partial charge < -0.3 is 5.73 Å². The Balaban J connectivity index is 2.19. The lowest BCUT2D eigenvalue weighted by Gasteiger charge is -2.23. The van der Waals surface area contributed by atoms with E-state index in [0.717, 1.165) is 25.3 Å². The van der Waals surface area contributed by atoms with Crippen molar-refractivity contribution >= 4 is 28.1 Å². The molecule has 0 saturated carbocycles. The molecule has 0 aliphatic heterocycles. The SMILES string of the molecule is CCN(Cc1nn(C)c2ccccc12)CC(C)C(N)=S. The number of hydrogen-bond donors (Lipinski definition) is 1. The minimum absolute atomic E-state index is 0.222. The fourth-order valence-corrected chi connectivity index (χ4v) is 2.47. The Bertz CT molecular complexity index is 605. The van der Waals surface area contributed by atoms with Crippen molar-refractivity contribution in [1.29, 1.82) is 0 Å². The topological polar surface area (TPSA) is 47.1 Å². The molecular weight excluding hydrogens is 268 g/mol. The number of thiocarbonyl (C=S) groups is 1. The molecule has 1 unspecified atom stereocenters. The number of aryl methyl sites for hydroxylation is 1. The second-order valence-electron chi connectivity index (χ2n) is 5.22. The van der Waals surface area contributed by atoms with Gasteiger partial charge in [-0.1, -0.05) is 44.3 Å². The highest BCUT2D eigenvalue weighted by molar-refractivity contribution is 7.80. The Kier molecular flexibility index (Phi) is 4.73. The number of aromatic nitrogens is 2. The molecule has 1 aromatic heterocycles. The summed E-state index contributed by atoms with van der Waals surface area (Å²) in [6.07, 6.45) is 0. The van der Waals surface area contributed by atoms with Gasteiger partial charge in [0.15, 0.2) is 0 Å². The van der Waals surface area contributed by atoms with Crippen molar-refractivity contribution in [3.63, 3.8) is 0 Å². The van der Waals surface area contributed by atoms with E-state index in [0.29, 0.717) is 4.99 Å². The molecule has 5 heteroatoms. The van der Waals surface area contributed by atoms with Gasteiger partial charge >= 0.3 is 0 Å². The second-order valence-corrected chi connectivity index (χ2v) is 5.69. The van der Waals surface area contributed by atoms with Crippen LogP contribution in [-0.2, 0) is 13.6 Å². The highest BCUT2D eigenvalue weighted by Crippen LogP contribution is 2.19. The molecule has 1 atom stereocenters. The Morgan fingerprint density at radius 3 is 2.80 bits per heavy atom. The molecule has 0 radical (unpaired) electrons. The number of para-hydroxylation sites is 1. The van der Waals surface area contributed by atoms with E-state index >= 15 is 0 Å². The van der Waals surface area contributed by atoms with Gasteiger partial charge in [0.05, 0.1) is 16.2 Å². The van der Waals surface area contributed by atoms with Gasteiger partial charge in [-0.05, 0) is 12.6 Å². The van der Waals surface area contributed by atoms with E-state index in [1.807, 2.05) is 17.8 Å². The monoisotopic (exact) mass is 290 g/mol. The first-order valence-electron chi connectivity index (χ1n) is 6.95. The lowest BCUT2D eigenvalue weighted by atomic mass is 10.1. The lowest BCUT2D eigenvalue weighted by Crippen LogP contribution is -2.33. The maximum atomic E-state index is 5.71. The molecule has 2 aromatic rings. The lowest BCUT2D eigenvalue weighted by molar-refractivity contribution is 0.261. The molecular formula is C15H22N4S. The predicted octanol–water partition coefficient (Wildman–Crippen LogP) is 2.32. The molecule has 0 bridgehead atoms. The zero-order valence-corrected chi connectivity index (χ0v) is 13.2. The Labute approximate surface area is 125 Å². The highest BCUT2D eigenvalue weighted by Gasteiger charge is 2.15. The van der Waals surface area contributed by atoms with Crippen molar-refractivity contribution in [3.05, 3.63) is 30.0 Å². The summed E-state index contributed by atoms with van der Waals surface area (Å²) in [5, 5.41) is 5.86. The smallest absolute Gasteiger partial charge is 0.0843 e. The molecule has 0 amide bonds. The van der Waals surface area contributed by atoms with E-state index in [-0.39, 0.29) is 5.92 Å². The van der Waals surface area contributed by atoms with Crippen molar-refractivity contribution in [2.24, 2.45) is 18.7 Å². The van der Waals surface area contributed by atoms with E-state index in [9.17, 15) is 0 Å². The number of nitrogens with two attached hydrogens (primary N) is 1. The fraction of sp³-hybridized carbons (Fsp3) is 0.467. The zero-order chi connectivity index (χ0) is 14.7. The van der Waals surface area contributed by atoms with Crippen LogP contribution in [0.4, 0.5) is 0 Å². The van der Waals surface area contributed by atoms with E-state index in [4.69, 9.17) is 18.0 Å². The molecule has 1 heterocycles. The normalized spacial score (nSPS) is 13.0. The van der Waals surface area contributed by atoms with Crippen LogP contribution in [0.3, 0.4) is 0 Å². The molecule has 2 N–H and O–H groups in total. The minimum atomic E-state index is 0.222. The maximum absolute atomic E-state index is 5.71. The van der Waals surface area contributed by atoms with Crippen LogP contribution in [0.1, 0.15) is 19.5 Å². The van der Waals surface area contributed by atoms with Crippen molar-refractivity contribution in [1.82, 2.24) is 14.7 Å². The standard InChI is InChI=1S/C15H22N4S/c1-4-19(9-11(2)15(16)20)10-13-12-7-5-6-8-14(12)18(3)17-13/h5-8,11H,4,9-10H2,1-3H3,(H2,16,20). The van der Waals surface area contributed by atoms with E-state index < -0.39 is 0 Å². The van der Waals surface area contributed by atoms with Crippen LogP contribution in [0.15, 0.2) is 24.3 Å². The van der Waals surface area contributed by atoms with Gasteiger partial charge in [-0.2, -0.15) is 5.10 Å². The molecule has 1 aromatic carbocycles. The average molecular weight is 290 g/mol. The van der Waals surface area contributed by atoms with Gasteiger partial charge in [0, 0.05) is 31.4 Å². The number of rotatable bonds is 6. The summed E-state index contributed by atoms with van der Waals surface area (Å²) in [5.41, 5.74) is 7.99. The first-order chi connectivity index (χ1) is 9.52. The summed E-state index contributed by atoms with van der Waals surface area (Å²) in [5.74, 6) is 0.222. The van der Waals surface area contributed by atoms with E-state index in [2.05, 4.69) is 42.0 Å². The molecule has 0 aliphatic rings. The van der Waals surface area contributed by atoms with Crippen molar-refractivity contribution in [3.8, 4) is 0 Å². The largest absolute Gasteiger partial charge is 0.393 e. The summed E-state index contributed by atoms with van der Waals surface area (Å²) < 4.78 is 1.94. The van der Waals surface area contributed by atoms with Crippen LogP contribution < -0.4 is 5.73 Å². The first-order valence-corrected chi connectivity index (χ1v) is 7.36. The Morgan fingerprint density at radius 2 is 2.15 bits per heavy atom. The van der Waals surface area contributed by atoms with Crippen LogP contribution in [0.5, 0.6) is 0 Å². The van der Waals surface area contributed by atoms with Gasteiger partial charge in [-0.15, -0.1) is 0 Å². The summed E-state index contributed by atoms with van der Waals surface area (Å²) in [7, 11) is 1.99. The summed E-state index contributed by atoms with van der Waals surface area (Å²) in [4.78, 5) is 2.91. The highest BCUT2D eigenvalue weighted by atomic mass is 32.1. The predicted molar refractivity (Wildman–Crippen MR) is 87.6 cm³/mol. The Hall–Kier alpha value is -1.46. The maximum Gasteiger partial charge on any atom is 0.0843 e. The van der Waals surface area contributed by atoms with Crippen LogP contribution in [-0.4, -0.2) is 32.8 Å². The molecule has 4 nitrogen and oxygen atoms in total. The van der Waals surface area contributed by atoms with Crippen molar-refractivity contribution < 1.29 is 0 Å². The first kappa shape index (κ1) is 14.9. The molecule has 0 spiro atoms. The fourth-order valence-electron chi connectivity index (χ4n) is 2.40. The summed E-state index contributed by atoms with van der Waals surface area (Å²) in [6, 6.07) is 8.32. The van der Waals surface area contributed by atoms with Gasteiger partial charge in [0.25, 0.3) is 0 Å². The van der Waals surface area contributed by atoms with E-state index in [1.165, 1.54) is 10.9 Å². The molecule has 108 valence electrons. The van der Waals surface area contributed by atoms with Crippen LogP contribution in [0.25, 0.3) is 10.9 Å². The Morgan fingerprint density at radius 1 is 1.45 bits per heavy atom. The van der Waals surface area contributed by atoms with Gasteiger partial charge in [-0.25, -0.2) is 0 Å². The van der Waals surface area contributed by atoms with Crippen LogP contribution in [0.2, 0.25) is 0 Å². The molecule has 20 heavy (non-hydrogen) atoms. The quantitative estimate of drug-likeness (QED) is 0.829. The third-order valence-electron chi connectivity index (χ3n) is 3.67. The third-order valence-corrected chi connectivity index (χ3v) is 4.08. The summed E-state index contributed by atoms with van der Waals surface area (Å²) >= 11 is 5.06. The number of nitrogens with zero attached hydrogens (tertiary/aromatic N) is 3. The van der Waals surface area contributed by atoms with Crippen LogP contribution >= 0.6 is 12.2 Å². The molecule has 0 fully saturated rings. The number of fused-ring (bicyclic) bond motifs is 1. The average Bonchev–Trinajstić information content (AvgIpc) is 2.75. The molecule has 0 aliphatic carbocycles. The van der Waals surface area contributed by atoms with Crippen molar-refractivity contribution in [2.75, 3.05) is 13.1 Å². The van der Waals surface area contributed by atoms with Crippen LogP contribution in [0, 0.1) is 5.92 Å². The van der Waals surface area contributed by atoms with Gasteiger partial charge in [0.1, 0.15) is 0 Å².